The number of amides is 1. The Hall–Kier alpha value is -3.21. The number of pyridine rings is 1. The Morgan fingerprint density at radius 3 is 2.68 bits per heavy atom. The highest BCUT2D eigenvalue weighted by Crippen LogP contribution is 2.18. The zero-order valence-corrected chi connectivity index (χ0v) is 14.2. The summed E-state index contributed by atoms with van der Waals surface area (Å²) in [5.41, 5.74) is 5.73. The van der Waals surface area contributed by atoms with Crippen LogP contribution in [0.4, 0.5) is 0 Å². The number of hydrazone groups is 1. The highest BCUT2D eigenvalue weighted by atomic mass is 16.5. The van der Waals surface area contributed by atoms with Crippen LogP contribution in [0, 0.1) is 0 Å². The molecule has 5 heteroatoms. The van der Waals surface area contributed by atoms with E-state index < -0.39 is 0 Å². The highest BCUT2D eigenvalue weighted by molar-refractivity contribution is 6.06. The topological polar surface area (TPSA) is 63.6 Å². The molecule has 3 aromatic rings. The van der Waals surface area contributed by atoms with Gasteiger partial charge in [-0.1, -0.05) is 25.1 Å². The zero-order valence-electron chi connectivity index (χ0n) is 14.2. The first-order chi connectivity index (χ1) is 12.2. The van der Waals surface area contributed by atoms with Crippen LogP contribution in [0.1, 0.15) is 28.5 Å². The number of nitrogens with one attached hydrogen (secondary N) is 1. The zero-order chi connectivity index (χ0) is 17.6. The summed E-state index contributed by atoms with van der Waals surface area (Å²) in [5.74, 6) is 0.523. The van der Waals surface area contributed by atoms with E-state index in [0.29, 0.717) is 5.56 Å². The number of ether oxygens (including phenoxy) is 1. The van der Waals surface area contributed by atoms with Gasteiger partial charge in [0.25, 0.3) is 5.91 Å². The van der Waals surface area contributed by atoms with Crippen molar-refractivity contribution in [1.82, 2.24) is 10.4 Å². The van der Waals surface area contributed by atoms with Crippen molar-refractivity contribution < 1.29 is 9.53 Å². The Labute approximate surface area is 146 Å². The number of aryl methyl sites for hydroxylation is 1. The van der Waals surface area contributed by atoms with Crippen LogP contribution in [-0.4, -0.2) is 24.2 Å². The predicted molar refractivity (Wildman–Crippen MR) is 99.2 cm³/mol. The van der Waals surface area contributed by atoms with Gasteiger partial charge in [-0.3, -0.25) is 9.78 Å². The van der Waals surface area contributed by atoms with Gasteiger partial charge in [-0.15, -0.1) is 0 Å². The van der Waals surface area contributed by atoms with Crippen molar-refractivity contribution in [3.05, 3.63) is 71.4 Å². The standard InChI is InChI=1S/C20H19N3O2/c1-3-15-12-18(17-6-4-5-7-19(17)22-15)20(24)23-21-13-14-8-10-16(25-2)11-9-14/h4-13H,3H2,1-2H3,(H,23,24)/b21-13-. The minimum atomic E-state index is -0.252. The first-order valence-electron chi connectivity index (χ1n) is 8.07. The van der Waals surface area contributed by atoms with Crippen LogP contribution >= 0.6 is 0 Å². The molecule has 0 spiro atoms. The molecule has 3 rings (SSSR count). The second kappa shape index (κ2) is 7.57. The first kappa shape index (κ1) is 16.6. The molecule has 0 aliphatic heterocycles. The van der Waals surface area contributed by atoms with Crippen molar-refractivity contribution in [3.63, 3.8) is 0 Å². The number of methoxy groups -OCH3 is 1. The molecule has 5 nitrogen and oxygen atoms in total. The van der Waals surface area contributed by atoms with E-state index in [1.54, 1.807) is 13.3 Å². The largest absolute Gasteiger partial charge is 0.497 e. The fourth-order valence-electron chi connectivity index (χ4n) is 2.51. The summed E-state index contributed by atoms with van der Waals surface area (Å²) in [6.07, 6.45) is 2.36. The first-order valence-corrected chi connectivity index (χ1v) is 8.07. The van der Waals surface area contributed by atoms with Crippen molar-refractivity contribution in [1.29, 1.82) is 0 Å². The third-order valence-corrected chi connectivity index (χ3v) is 3.87. The number of hydrogen-bond acceptors (Lipinski definition) is 4. The van der Waals surface area contributed by atoms with Crippen molar-refractivity contribution in [2.45, 2.75) is 13.3 Å². The number of benzene rings is 2. The normalized spacial score (nSPS) is 11.0. The van der Waals surface area contributed by atoms with Gasteiger partial charge in [0.2, 0.25) is 0 Å². The van der Waals surface area contributed by atoms with Crippen LogP contribution in [0.3, 0.4) is 0 Å². The van der Waals surface area contributed by atoms with Gasteiger partial charge >= 0.3 is 0 Å². The Kier molecular flexibility index (Phi) is 5.04. The Morgan fingerprint density at radius 1 is 1.20 bits per heavy atom. The van der Waals surface area contributed by atoms with Crippen LogP contribution in [0.25, 0.3) is 10.9 Å². The van der Waals surface area contributed by atoms with Gasteiger partial charge < -0.3 is 4.74 Å². The molecule has 126 valence electrons. The molecule has 1 amide bonds. The van der Waals surface area contributed by atoms with E-state index in [1.165, 1.54) is 0 Å². The molecule has 1 heterocycles. The summed E-state index contributed by atoms with van der Waals surface area (Å²) in [7, 11) is 1.62. The highest BCUT2D eigenvalue weighted by Gasteiger charge is 2.11. The van der Waals surface area contributed by atoms with Gasteiger partial charge in [-0.25, -0.2) is 5.43 Å². The summed E-state index contributed by atoms with van der Waals surface area (Å²) in [5, 5.41) is 4.87. The average molecular weight is 333 g/mol. The van der Waals surface area contributed by atoms with Crippen LogP contribution in [0.5, 0.6) is 5.75 Å². The molecule has 2 aromatic carbocycles. The SMILES string of the molecule is CCc1cc(C(=O)N/N=C\c2ccc(OC)cc2)c2ccccc2n1. The lowest BCUT2D eigenvalue weighted by Crippen LogP contribution is -2.18. The number of carbonyl (C=O) groups excluding carboxylic acids is 1. The van der Waals surface area contributed by atoms with Gasteiger partial charge in [0, 0.05) is 11.1 Å². The fourth-order valence-corrected chi connectivity index (χ4v) is 2.51. The third kappa shape index (κ3) is 3.83. The molecule has 1 aromatic heterocycles. The lowest BCUT2D eigenvalue weighted by molar-refractivity contribution is 0.0956. The summed E-state index contributed by atoms with van der Waals surface area (Å²) >= 11 is 0. The van der Waals surface area contributed by atoms with Gasteiger partial charge in [0.1, 0.15) is 5.75 Å². The van der Waals surface area contributed by atoms with Crippen LogP contribution in [-0.2, 0) is 6.42 Å². The molecule has 0 saturated carbocycles. The number of nitrogens with zero attached hydrogens (tertiary/aromatic N) is 2. The van der Waals surface area contributed by atoms with E-state index >= 15 is 0 Å². The van der Waals surface area contributed by atoms with E-state index in [4.69, 9.17) is 4.74 Å². The van der Waals surface area contributed by atoms with E-state index in [-0.39, 0.29) is 5.91 Å². The molecular weight excluding hydrogens is 314 g/mol. The number of fused-ring (bicyclic) bond motifs is 1. The van der Waals surface area contributed by atoms with Gasteiger partial charge in [-0.05, 0) is 48.4 Å². The van der Waals surface area contributed by atoms with E-state index in [9.17, 15) is 4.79 Å². The molecule has 0 atom stereocenters. The van der Waals surface area contributed by atoms with Gasteiger partial charge in [0.05, 0.1) is 24.4 Å². The second-order valence-electron chi connectivity index (χ2n) is 5.50. The van der Waals surface area contributed by atoms with Crippen molar-refractivity contribution in [2.75, 3.05) is 7.11 Å². The third-order valence-electron chi connectivity index (χ3n) is 3.87. The molecular formula is C20H19N3O2. The number of hydrogen-bond donors (Lipinski definition) is 1. The maximum absolute atomic E-state index is 12.5. The molecule has 25 heavy (non-hydrogen) atoms. The average Bonchev–Trinajstić information content (AvgIpc) is 2.67. The van der Waals surface area contributed by atoms with Crippen LogP contribution < -0.4 is 10.2 Å². The number of para-hydroxylation sites is 1. The smallest absolute Gasteiger partial charge is 0.272 e. The summed E-state index contributed by atoms with van der Waals surface area (Å²) < 4.78 is 5.11. The molecule has 1 N–H and O–H groups in total. The Bertz CT molecular complexity index is 918. The van der Waals surface area contributed by atoms with Crippen molar-refractivity contribution in [2.24, 2.45) is 5.10 Å². The second-order valence-corrected chi connectivity index (χ2v) is 5.50. The summed E-state index contributed by atoms with van der Waals surface area (Å²) in [4.78, 5) is 17.1. The quantitative estimate of drug-likeness (QED) is 0.573. The molecule has 0 unspecified atom stereocenters. The fraction of sp³-hybridized carbons (Fsp3) is 0.150. The molecule has 0 fully saturated rings. The molecule has 0 aliphatic rings. The van der Waals surface area contributed by atoms with Gasteiger partial charge in [-0.2, -0.15) is 5.10 Å². The Balaban J connectivity index is 1.80. The van der Waals surface area contributed by atoms with Gasteiger partial charge in [0.15, 0.2) is 0 Å². The number of rotatable bonds is 5. The monoisotopic (exact) mass is 333 g/mol. The lowest BCUT2D eigenvalue weighted by Gasteiger charge is -2.07. The molecule has 0 saturated heterocycles. The lowest BCUT2D eigenvalue weighted by atomic mass is 10.1. The molecule has 0 radical (unpaired) electrons. The van der Waals surface area contributed by atoms with Crippen molar-refractivity contribution in [3.8, 4) is 5.75 Å². The van der Waals surface area contributed by atoms with E-state index in [2.05, 4.69) is 15.5 Å². The number of carbonyl (C=O) groups is 1. The minimum Gasteiger partial charge on any atom is -0.497 e. The maximum atomic E-state index is 12.5. The van der Waals surface area contributed by atoms with Crippen LogP contribution in [0.15, 0.2) is 59.7 Å². The summed E-state index contributed by atoms with van der Waals surface area (Å²) in [6, 6.07) is 16.8. The summed E-state index contributed by atoms with van der Waals surface area (Å²) in [6.45, 7) is 2.01. The number of aromatic nitrogens is 1. The predicted octanol–water partition coefficient (Wildman–Crippen LogP) is 3.57. The minimum absolute atomic E-state index is 0.252. The van der Waals surface area contributed by atoms with E-state index in [0.717, 1.165) is 34.3 Å². The Morgan fingerprint density at radius 2 is 1.96 bits per heavy atom. The van der Waals surface area contributed by atoms with E-state index in [1.807, 2.05) is 61.5 Å². The maximum Gasteiger partial charge on any atom is 0.272 e. The van der Waals surface area contributed by atoms with Crippen LogP contribution in [0.2, 0.25) is 0 Å². The molecule has 0 aliphatic carbocycles. The van der Waals surface area contributed by atoms with Crippen molar-refractivity contribution >= 4 is 23.0 Å². The molecule has 0 bridgehead atoms.